The molecule has 0 spiro atoms. The molecule has 4 rings (SSSR count). The number of methoxy groups -OCH3 is 1. The Hall–Kier alpha value is -1.24. The van der Waals surface area contributed by atoms with Crippen LogP contribution in [0.25, 0.3) is 21.2 Å². The molecule has 0 N–H and O–H groups in total. The molecule has 0 unspecified atom stereocenters. The second kappa shape index (κ2) is 11.8. The summed E-state index contributed by atoms with van der Waals surface area (Å²) in [5.41, 5.74) is 2.22. The smallest absolute Gasteiger partial charge is 0.119 e. The Morgan fingerprint density at radius 3 is 2.31 bits per heavy atom. The summed E-state index contributed by atoms with van der Waals surface area (Å²) < 4.78 is 6.12. The molecular formula is C23H18O2S3Y-2. The topological polar surface area (TPSA) is 26.3 Å². The van der Waals surface area contributed by atoms with E-state index in [0.717, 1.165) is 25.9 Å². The van der Waals surface area contributed by atoms with Crippen LogP contribution in [0.15, 0.2) is 66.7 Å². The largest absolute Gasteiger partial charge is 0.541 e. The monoisotopic (exact) mass is 511 g/mol. The van der Waals surface area contributed by atoms with Crippen LogP contribution >= 0.6 is 32.9 Å². The van der Waals surface area contributed by atoms with E-state index >= 15 is 0 Å². The van der Waals surface area contributed by atoms with Crippen molar-refractivity contribution >= 4 is 50.0 Å². The maximum absolute atomic E-state index is 10.6. The van der Waals surface area contributed by atoms with E-state index in [1.54, 1.807) is 27.8 Å². The van der Waals surface area contributed by atoms with Crippen molar-refractivity contribution < 1.29 is 42.2 Å². The Morgan fingerprint density at radius 1 is 1.00 bits per heavy atom. The Bertz CT molecular complexity index is 1120. The summed E-state index contributed by atoms with van der Waals surface area (Å²) in [7, 11) is 5.02. The number of ether oxygens (including phenoxy) is 1. The SMILES string of the molecule is COc1ccc2cc([C@H](C)[C-]=O)ccc2c1.S=c1cc(-c2cc[c-]cc2)ss1.[Y]. The number of hydrogen-bond donors (Lipinski definition) is 0. The van der Waals surface area contributed by atoms with E-state index in [1.807, 2.05) is 79.9 Å². The minimum Gasteiger partial charge on any atom is -0.541 e. The maximum Gasteiger partial charge on any atom is 0.119 e. The van der Waals surface area contributed by atoms with Crippen molar-refractivity contribution in [1.82, 2.24) is 0 Å². The second-order valence-corrected chi connectivity index (χ2v) is 9.01. The molecule has 0 aliphatic rings. The van der Waals surface area contributed by atoms with Gasteiger partial charge in [-0.2, -0.15) is 30.3 Å². The molecule has 0 aliphatic heterocycles. The fourth-order valence-electron chi connectivity index (χ4n) is 2.63. The van der Waals surface area contributed by atoms with E-state index < -0.39 is 0 Å². The summed E-state index contributed by atoms with van der Waals surface area (Å²) in [6.45, 7) is 1.84. The van der Waals surface area contributed by atoms with Crippen LogP contribution in [0.5, 0.6) is 5.75 Å². The number of carbonyl (C=O) groups excluding carboxylic acids is 1. The van der Waals surface area contributed by atoms with Crippen LogP contribution in [0.1, 0.15) is 18.4 Å². The van der Waals surface area contributed by atoms with Crippen LogP contribution in [0.2, 0.25) is 0 Å². The van der Waals surface area contributed by atoms with Crippen molar-refractivity contribution in [2.75, 3.05) is 7.11 Å². The number of rotatable bonds is 4. The third kappa shape index (κ3) is 6.63. The predicted molar refractivity (Wildman–Crippen MR) is 122 cm³/mol. The summed E-state index contributed by atoms with van der Waals surface area (Å²) in [6.07, 6.45) is 1.99. The van der Waals surface area contributed by atoms with Gasteiger partial charge >= 0.3 is 0 Å². The zero-order valence-electron chi connectivity index (χ0n) is 16.0. The van der Waals surface area contributed by atoms with Gasteiger partial charge in [-0.3, -0.25) is 6.29 Å². The van der Waals surface area contributed by atoms with Crippen LogP contribution in [0.4, 0.5) is 0 Å². The first-order chi connectivity index (χ1) is 13.6. The van der Waals surface area contributed by atoms with Crippen LogP contribution in [-0.2, 0) is 37.5 Å². The van der Waals surface area contributed by atoms with Gasteiger partial charge in [-0.25, -0.2) is 0 Å². The molecule has 0 fully saturated rings. The molecule has 0 amide bonds. The van der Waals surface area contributed by atoms with E-state index in [2.05, 4.69) is 6.07 Å². The third-order valence-electron chi connectivity index (χ3n) is 4.21. The molecule has 0 saturated carbocycles. The molecule has 1 heterocycles. The van der Waals surface area contributed by atoms with Crippen LogP contribution < -0.4 is 4.74 Å². The second-order valence-electron chi connectivity index (χ2n) is 6.10. The normalized spacial score (nSPS) is 11.0. The van der Waals surface area contributed by atoms with Crippen LogP contribution in [0.3, 0.4) is 0 Å². The fourth-order valence-corrected chi connectivity index (χ4v) is 5.03. The van der Waals surface area contributed by atoms with Gasteiger partial charge in [0.2, 0.25) is 0 Å². The fraction of sp³-hybridized carbons (Fsp3) is 0.130. The molecule has 3 aromatic carbocycles. The minimum atomic E-state index is -0.175. The van der Waals surface area contributed by atoms with Gasteiger partial charge in [0.05, 0.1) is 7.11 Å². The standard InChI is InChI=1S/C14H13O2.C9H5S3.Y/c1-10(9-15)11-3-4-13-8-14(16-2)6-5-12(13)7-11;10-9-6-8(11-12-9)7-4-2-1-3-5-7;/h3-8,10H,1-2H3;2-6H;/q2*-1;/t10-;;/m1../s1. The van der Waals surface area contributed by atoms with Gasteiger partial charge in [-0.05, 0) is 29.0 Å². The molecule has 0 saturated heterocycles. The molecule has 4 aromatic rings. The van der Waals surface area contributed by atoms with E-state index in [1.165, 1.54) is 10.4 Å². The maximum atomic E-state index is 10.6. The van der Waals surface area contributed by atoms with Gasteiger partial charge < -0.3 is 9.53 Å². The van der Waals surface area contributed by atoms with Crippen molar-refractivity contribution in [3.8, 4) is 16.2 Å². The summed E-state index contributed by atoms with van der Waals surface area (Å²) in [5, 5.41) is 2.22. The van der Waals surface area contributed by atoms with Gasteiger partial charge in [0.25, 0.3) is 0 Å². The van der Waals surface area contributed by atoms with Crippen molar-refractivity contribution in [2.45, 2.75) is 12.8 Å². The van der Waals surface area contributed by atoms with Gasteiger partial charge in [0.15, 0.2) is 0 Å². The molecule has 1 atom stereocenters. The summed E-state index contributed by atoms with van der Waals surface area (Å²) in [6, 6.07) is 24.8. The van der Waals surface area contributed by atoms with Crippen molar-refractivity contribution in [1.29, 1.82) is 0 Å². The molecule has 1 radical (unpaired) electrons. The molecule has 1 aromatic heterocycles. The van der Waals surface area contributed by atoms with E-state index in [-0.39, 0.29) is 38.6 Å². The number of benzene rings is 3. The molecular weight excluding hydrogens is 493 g/mol. The Morgan fingerprint density at radius 2 is 1.69 bits per heavy atom. The molecule has 0 aliphatic carbocycles. The molecule has 145 valence electrons. The number of fused-ring (bicyclic) bond motifs is 1. The van der Waals surface area contributed by atoms with E-state index in [0.29, 0.717) is 0 Å². The predicted octanol–water partition coefficient (Wildman–Crippen LogP) is 7.07. The molecule has 6 heteroatoms. The van der Waals surface area contributed by atoms with Gasteiger partial charge in [0.1, 0.15) is 9.57 Å². The van der Waals surface area contributed by atoms with E-state index in [9.17, 15) is 4.79 Å². The van der Waals surface area contributed by atoms with Gasteiger partial charge in [-0.1, -0.05) is 69.7 Å². The first kappa shape index (κ1) is 24.0. The summed E-state index contributed by atoms with van der Waals surface area (Å²) >= 11 is 5.05. The van der Waals surface area contributed by atoms with Crippen molar-refractivity contribution in [3.05, 3.63) is 82.2 Å². The van der Waals surface area contributed by atoms with Crippen LogP contribution in [-0.4, -0.2) is 13.4 Å². The molecule has 0 bridgehead atoms. The third-order valence-corrected chi connectivity index (χ3v) is 7.12. The van der Waals surface area contributed by atoms with E-state index in [4.69, 9.17) is 17.0 Å². The Labute approximate surface area is 208 Å². The van der Waals surface area contributed by atoms with Crippen molar-refractivity contribution in [3.63, 3.8) is 0 Å². The van der Waals surface area contributed by atoms with Gasteiger partial charge in [0, 0.05) is 37.6 Å². The summed E-state index contributed by atoms with van der Waals surface area (Å²) in [4.78, 5) is 11.8. The first-order valence-corrected chi connectivity index (χ1v) is 11.2. The first-order valence-electron chi connectivity index (χ1n) is 8.63. The molecule has 29 heavy (non-hydrogen) atoms. The van der Waals surface area contributed by atoms with Crippen LogP contribution in [0, 0.1) is 9.89 Å². The summed E-state index contributed by atoms with van der Waals surface area (Å²) in [5.74, 6) is 0.668. The molecule has 2 nitrogen and oxygen atoms in total. The quantitative estimate of drug-likeness (QED) is 0.167. The minimum absolute atomic E-state index is 0. The average molecular weight is 512 g/mol. The number of hydrogen-bond acceptors (Lipinski definition) is 5. The Balaban J connectivity index is 0.000000207. The zero-order chi connectivity index (χ0) is 19.9. The Kier molecular flexibility index (Phi) is 9.80. The van der Waals surface area contributed by atoms with Crippen molar-refractivity contribution in [2.24, 2.45) is 0 Å². The van der Waals surface area contributed by atoms with Gasteiger partial charge in [-0.15, -0.1) is 11.5 Å². The average Bonchev–Trinajstić information content (AvgIpc) is 3.20. The zero-order valence-corrected chi connectivity index (χ0v) is 21.3.